The number of hydrogen-bond acceptors (Lipinski definition) is 4. The van der Waals surface area contributed by atoms with Gasteiger partial charge < -0.3 is 14.4 Å². The molecule has 0 radical (unpaired) electrons. The van der Waals surface area contributed by atoms with E-state index in [1.54, 1.807) is 42.3 Å². The van der Waals surface area contributed by atoms with Gasteiger partial charge in [0.25, 0.3) is 5.91 Å². The van der Waals surface area contributed by atoms with Crippen LogP contribution in [0.5, 0.6) is 5.75 Å². The monoisotopic (exact) mass is 488 g/mol. The summed E-state index contributed by atoms with van der Waals surface area (Å²) in [6, 6.07) is 11.5. The molecule has 0 spiro atoms. The molecule has 0 saturated carbocycles. The Morgan fingerprint density at radius 3 is 2.62 bits per heavy atom. The van der Waals surface area contributed by atoms with Crippen molar-refractivity contribution >= 4 is 17.5 Å². The standard InChI is InChI=1S/C26H27ClF2N2O3/c1-30(26(33)25-3-2-12-34-25)23(14-18-4-6-21(28)15-22(18)29)17-8-10-31(11-9-17)16-19-13-20(27)5-7-24(19)32/h2-7,12-13,15,17,23,32H,8-11,14,16H2,1H3. The Morgan fingerprint density at radius 1 is 1.18 bits per heavy atom. The summed E-state index contributed by atoms with van der Waals surface area (Å²) in [6.07, 6.45) is 3.28. The maximum absolute atomic E-state index is 14.5. The van der Waals surface area contributed by atoms with Crippen LogP contribution in [0, 0.1) is 17.6 Å². The number of rotatable bonds is 7. The van der Waals surface area contributed by atoms with Crippen LogP contribution in [0.2, 0.25) is 5.02 Å². The number of carbonyl (C=O) groups excluding carboxylic acids is 1. The van der Waals surface area contributed by atoms with E-state index < -0.39 is 11.6 Å². The minimum atomic E-state index is -0.629. The van der Waals surface area contributed by atoms with Crippen LogP contribution < -0.4 is 0 Å². The van der Waals surface area contributed by atoms with Crippen LogP contribution in [0.3, 0.4) is 0 Å². The van der Waals surface area contributed by atoms with Gasteiger partial charge in [0, 0.05) is 36.3 Å². The molecule has 5 nitrogen and oxygen atoms in total. The van der Waals surface area contributed by atoms with Gasteiger partial charge in [-0.2, -0.15) is 0 Å². The van der Waals surface area contributed by atoms with Gasteiger partial charge in [-0.05, 0) is 80.2 Å². The molecule has 0 bridgehead atoms. The molecule has 1 aromatic heterocycles. The molecule has 1 saturated heterocycles. The van der Waals surface area contributed by atoms with E-state index in [4.69, 9.17) is 16.0 Å². The van der Waals surface area contributed by atoms with E-state index in [2.05, 4.69) is 4.90 Å². The number of furan rings is 1. The number of phenolic OH excluding ortho intramolecular Hbond substituents is 1. The van der Waals surface area contributed by atoms with Crippen molar-refractivity contribution in [2.75, 3.05) is 20.1 Å². The van der Waals surface area contributed by atoms with Gasteiger partial charge in [-0.3, -0.25) is 9.69 Å². The molecule has 1 fully saturated rings. The topological polar surface area (TPSA) is 56.9 Å². The van der Waals surface area contributed by atoms with Crippen molar-refractivity contribution in [3.05, 3.63) is 88.3 Å². The van der Waals surface area contributed by atoms with Crippen molar-refractivity contribution < 1.29 is 23.1 Å². The smallest absolute Gasteiger partial charge is 0.289 e. The zero-order valence-electron chi connectivity index (χ0n) is 18.9. The van der Waals surface area contributed by atoms with E-state index in [9.17, 15) is 18.7 Å². The molecule has 4 rings (SSSR count). The maximum Gasteiger partial charge on any atom is 0.289 e. The highest BCUT2D eigenvalue weighted by Crippen LogP contribution is 2.30. The van der Waals surface area contributed by atoms with Gasteiger partial charge in [-0.25, -0.2) is 8.78 Å². The number of nitrogens with zero attached hydrogens (tertiary/aromatic N) is 2. The number of aromatic hydroxyl groups is 1. The van der Waals surface area contributed by atoms with Gasteiger partial charge in [0.1, 0.15) is 17.4 Å². The molecule has 2 heterocycles. The van der Waals surface area contributed by atoms with E-state index in [1.165, 1.54) is 18.4 Å². The average molecular weight is 489 g/mol. The van der Waals surface area contributed by atoms with Crippen molar-refractivity contribution in [2.45, 2.75) is 31.8 Å². The lowest BCUT2D eigenvalue weighted by atomic mass is 9.84. The normalized spacial score (nSPS) is 15.9. The first kappa shape index (κ1) is 24.2. The number of benzene rings is 2. The summed E-state index contributed by atoms with van der Waals surface area (Å²) in [7, 11) is 1.70. The Labute approximate surface area is 202 Å². The molecule has 1 aliphatic heterocycles. The van der Waals surface area contributed by atoms with E-state index in [0.717, 1.165) is 37.6 Å². The number of carbonyl (C=O) groups is 1. The van der Waals surface area contributed by atoms with Crippen molar-refractivity contribution in [3.63, 3.8) is 0 Å². The summed E-state index contributed by atoms with van der Waals surface area (Å²) in [4.78, 5) is 16.9. The fourth-order valence-electron chi connectivity index (χ4n) is 4.67. The summed E-state index contributed by atoms with van der Waals surface area (Å²) < 4.78 is 33.2. The highest BCUT2D eigenvalue weighted by molar-refractivity contribution is 6.30. The van der Waals surface area contributed by atoms with Gasteiger partial charge >= 0.3 is 0 Å². The van der Waals surface area contributed by atoms with Gasteiger partial charge in [0.15, 0.2) is 5.76 Å². The minimum absolute atomic E-state index is 0.109. The van der Waals surface area contributed by atoms with Crippen molar-refractivity contribution in [1.82, 2.24) is 9.80 Å². The van der Waals surface area contributed by atoms with E-state index in [0.29, 0.717) is 17.1 Å². The first-order valence-corrected chi connectivity index (χ1v) is 11.6. The Balaban J connectivity index is 1.49. The Bertz CT molecular complexity index is 1130. The minimum Gasteiger partial charge on any atom is -0.508 e. The summed E-state index contributed by atoms with van der Waals surface area (Å²) in [5, 5.41) is 10.7. The third-order valence-corrected chi connectivity index (χ3v) is 6.84. The van der Waals surface area contributed by atoms with Gasteiger partial charge in [0.2, 0.25) is 0 Å². The number of hydrogen-bond donors (Lipinski definition) is 1. The fourth-order valence-corrected chi connectivity index (χ4v) is 4.87. The van der Waals surface area contributed by atoms with Gasteiger partial charge in [0.05, 0.1) is 6.26 Å². The summed E-state index contributed by atoms with van der Waals surface area (Å²) in [6.45, 7) is 2.07. The Morgan fingerprint density at radius 2 is 1.94 bits per heavy atom. The van der Waals surface area contributed by atoms with Crippen LogP contribution in [0.15, 0.2) is 59.2 Å². The highest BCUT2D eigenvalue weighted by atomic mass is 35.5. The van der Waals surface area contributed by atoms with Crippen LogP contribution in [-0.2, 0) is 13.0 Å². The zero-order chi connectivity index (χ0) is 24.2. The maximum atomic E-state index is 14.5. The number of likely N-dealkylation sites (N-methyl/N-ethyl adjacent to an activating group) is 1. The molecular weight excluding hydrogens is 462 g/mol. The van der Waals surface area contributed by atoms with E-state index >= 15 is 0 Å². The Kier molecular flexibility index (Phi) is 7.54. The van der Waals surface area contributed by atoms with Crippen molar-refractivity contribution in [3.8, 4) is 5.75 Å². The SMILES string of the molecule is CN(C(=O)c1ccco1)C(Cc1ccc(F)cc1F)C1CCN(Cc2cc(Cl)ccc2O)CC1. The van der Waals surface area contributed by atoms with Gasteiger partial charge in [-0.15, -0.1) is 0 Å². The number of likely N-dealkylation sites (tertiary alicyclic amines) is 1. The van der Waals surface area contributed by atoms with Crippen LogP contribution >= 0.6 is 11.6 Å². The number of piperidine rings is 1. The molecule has 1 amide bonds. The largest absolute Gasteiger partial charge is 0.508 e. The molecule has 2 aromatic carbocycles. The van der Waals surface area contributed by atoms with Crippen LogP contribution in [-0.4, -0.2) is 47.0 Å². The quantitative estimate of drug-likeness (QED) is 0.476. The van der Waals surface area contributed by atoms with E-state index in [-0.39, 0.29) is 35.8 Å². The third-order valence-electron chi connectivity index (χ3n) is 6.61. The lowest BCUT2D eigenvalue weighted by molar-refractivity contribution is 0.0554. The molecule has 0 aliphatic carbocycles. The number of phenols is 1. The second-order valence-corrected chi connectivity index (χ2v) is 9.22. The molecule has 34 heavy (non-hydrogen) atoms. The number of amides is 1. The average Bonchev–Trinajstić information content (AvgIpc) is 3.36. The lowest BCUT2D eigenvalue weighted by Gasteiger charge is -2.40. The molecule has 1 atom stereocenters. The summed E-state index contributed by atoms with van der Waals surface area (Å²) >= 11 is 6.08. The van der Waals surface area contributed by atoms with Crippen molar-refractivity contribution in [2.24, 2.45) is 5.92 Å². The molecule has 1 N–H and O–H groups in total. The second kappa shape index (κ2) is 10.6. The second-order valence-electron chi connectivity index (χ2n) is 8.79. The summed E-state index contributed by atoms with van der Waals surface area (Å²) in [5.74, 6) is -0.976. The van der Waals surface area contributed by atoms with Crippen LogP contribution in [0.25, 0.3) is 0 Å². The molecule has 8 heteroatoms. The molecular formula is C26H27ClF2N2O3. The molecule has 1 aliphatic rings. The first-order chi connectivity index (χ1) is 16.3. The lowest BCUT2D eigenvalue weighted by Crippen LogP contribution is -2.47. The molecule has 3 aromatic rings. The van der Waals surface area contributed by atoms with Crippen molar-refractivity contribution in [1.29, 1.82) is 0 Å². The Hall–Kier alpha value is -2.90. The van der Waals surface area contributed by atoms with Crippen LogP contribution in [0.4, 0.5) is 8.78 Å². The number of halogens is 3. The predicted molar refractivity (Wildman–Crippen MR) is 126 cm³/mol. The molecule has 180 valence electrons. The molecule has 1 unspecified atom stereocenters. The first-order valence-electron chi connectivity index (χ1n) is 11.3. The van der Waals surface area contributed by atoms with Crippen LogP contribution in [0.1, 0.15) is 34.5 Å². The van der Waals surface area contributed by atoms with Gasteiger partial charge in [-0.1, -0.05) is 17.7 Å². The fraction of sp³-hybridized carbons (Fsp3) is 0.346. The predicted octanol–water partition coefficient (Wildman–Crippen LogP) is 5.51. The third kappa shape index (κ3) is 5.59. The zero-order valence-corrected chi connectivity index (χ0v) is 19.6. The van der Waals surface area contributed by atoms with E-state index in [1.807, 2.05) is 0 Å². The highest BCUT2D eigenvalue weighted by Gasteiger charge is 2.33. The summed E-state index contributed by atoms with van der Waals surface area (Å²) in [5.41, 5.74) is 1.14.